The lowest BCUT2D eigenvalue weighted by molar-refractivity contribution is -0.119. The summed E-state index contributed by atoms with van der Waals surface area (Å²) in [5.41, 5.74) is 0.498. The molecule has 1 amide bonds. The van der Waals surface area contributed by atoms with Crippen LogP contribution in [0.4, 0.5) is 0 Å². The molecule has 0 atom stereocenters. The number of hydrogen-bond donors (Lipinski definition) is 1. The van der Waals surface area contributed by atoms with Gasteiger partial charge in [-0.25, -0.2) is 4.79 Å². The number of esters is 1. The molecule has 0 saturated heterocycles. The third kappa shape index (κ3) is 8.35. The van der Waals surface area contributed by atoms with E-state index in [4.69, 9.17) is 9.47 Å². The van der Waals surface area contributed by atoms with Gasteiger partial charge in [0.25, 0.3) is 0 Å². The van der Waals surface area contributed by atoms with Crippen molar-refractivity contribution in [2.24, 2.45) is 0 Å². The van der Waals surface area contributed by atoms with Crippen LogP contribution < -0.4 is 5.32 Å². The molecule has 0 heterocycles. The third-order valence-electron chi connectivity index (χ3n) is 4.60. The average molecular weight is 394 g/mol. The number of hydrogen-bond acceptors (Lipinski definition) is 5. The van der Waals surface area contributed by atoms with Gasteiger partial charge in [0.2, 0.25) is 5.91 Å². The zero-order valence-corrected chi connectivity index (χ0v) is 17.0. The molecule has 27 heavy (non-hydrogen) atoms. The Morgan fingerprint density at radius 2 is 1.78 bits per heavy atom. The Morgan fingerprint density at radius 3 is 2.52 bits per heavy atom. The molecule has 6 heteroatoms. The Bertz CT molecular complexity index is 585. The molecule has 0 radical (unpaired) electrons. The molecule has 0 unspecified atom stereocenters. The van der Waals surface area contributed by atoms with Crippen molar-refractivity contribution >= 4 is 23.6 Å². The summed E-state index contributed by atoms with van der Waals surface area (Å²) >= 11 is 1.38. The summed E-state index contributed by atoms with van der Waals surface area (Å²) in [5.74, 6) is -0.0389. The zero-order valence-electron chi connectivity index (χ0n) is 16.2. The molecule has 0 aromatic heterocycles. The molecule has 150 valence electrons. The van der Waals surface area contributed by atoms with Gasteiger partial charge in [-0.05, 0) is 31.9 Å². The summed E-state index contributed by atoms with van der Waals surface area (Å²) in [6.45, 7) is 3.12. The van der Waals surface area contributed by atoms with E-state index in [9.17, 15) is 9.59 Å². The second-order valence-electron chi connectivity index (χ2n) is 6.73. The Balaban J connectivity index is 1.82. The van der Waals surface area contributed by atoms with Crippen molar-refractivity contribution in [3.63, 3.8) is 0 Å². The van der Waals surface area contributed by atoms with Gasteiger partial charge in [0, 0.05) is 17.5 Å². The number of nitrogens with one attached hydrogen (secondary N) is 1. The van der Waals surface area contributed by atoms with Crippen LogP contribution in [-0.2, 0) is 14.3 Å². The van der Waals surface area contributed by atoms with Crippen molar-refractivity contribution in [2.75, 3.05) is 25.6 Å². The summed E-state index contributed by atoms with van der Waals surface area (Å²) in [6.07, 6.45) is 8.36. The van der Waals surface area contributed by atoms with E-state index < -0.39 is 0 Å². The fourth-order valence-corrected chi connectivity index (χ4v) is 4.04. The molecule has 1 saturated carbocycles. The molecule has 0 aliphatic heterocycles. The Morgan fingerprint density at radius 1 is 1.07 bits per heavy atom. The van der Waals surface area contributed by atoms with Gasteiger partial charge in [-0.15, -0.1) is 11.8 Å². The highest BCUT2D eigenvalue weighted by atomic mass is 32.2. The summed E-state index contributed by atoms with van der Waals surface area (Å²) in [6, 6.07) is 7.55. The van der Waals surface area contributed by atoms with Gasteiger partial charge in [-0.3, -0.25) is 4.79 Å². The van der Waals surface area contributed by atoms with Crippen molar-refractivity contribution in [3.05, 3.63) is 29.8 Å². The standard InChI is InChI=1S/C21H31NO4S/c1-2-25-14-15-26-21(24)18-12-8-9-13-19(18)27-16-20(23)22-17-10-6-4-3-5-7-11-17/h8-9,12-13,17H,2-7,10-11,14-16H2,1H3,(H,22,23). The van der Waals surface area contributed by atoms with E-state index >= 15 is 0 Å². The summed E-state index contributed by atoms with van der Waals surface area (Å²) in [7, 11) is 0. The minimum atomic E-state index is -0.377. The van der Waals surface area contributed by atoms with Crippen molar-refractivity contribution in [1.29, 1.82) is 0 Å². The molecule has 1 fully saturated rings. The summed E-state index contributed by atoms with van der Waals surface area (Å²) in [5, 5.41) is 3.16. The Hall–Kier alpha value is -1.53. The van der Waals surface area contributed by atoms with Crippen LogP contribution in [0, 0.1) is 0 Å². The first-order chi connectivity index (χ1) is 13.2. The van der Waals surface area contributed by atoms with Crippen molar-refractivity contribution < 1.29 is 19.1 Å². The fraction of sp³-hybridized carbons (Fsp3) is 0.619. The molecule has 1 N–H and O–H groups in total. The number of carbonyl (C=O) groups is 2. The second-order valence-corrected chi connectivity index (χ2v) is 7.74. The molecule has 5 nitrogen and oxygen atoms in total. The van der Waals surface area contributed by atoms with Gasteiger partial charge >= 0.3 is 5.97 Å². The molecular formula is C21H31NO4S. The number of amides is 1. The van der Waals surface area contributed by atoms with E-state index in [1.165, 1.54) is 43.9 Å². The van der Waals surface area contributed by atoms with Crippen molar-refractivity contribution in [2.45, 2.75) is 62.8 Å². The third-order valence-corrected chi connectivity index (χ3v) is 5.67. The highest BCUT2D eigenvalue weighted by molar-refractivity contribution is 8.00. The van der Waals surface area contributed by atoms with Gasteiger partial charge in [0.05, 0.1) is 17.9 Å². The molecule has 2 rings (SSSR count). The maximum absolute atomic E-state index is 12.3. The van der Waals surface area contributed by atoms with Gasteiger partial charge < -0.3 is 14.8 Å². The maximum atomic E-state index is 12.3. The SMILES string of the molecule is CCOCCOC(=O)c1ccccc1SCC(=O)NC1CCCCCCC1. The van der Waals surface area contributed by atoms with Crippen LogP contribution in [0.5, 0.6) is 0 Å². The van der Waals surface area contributed by atoms with E-state index in [0.29, 0.717) is 24.5 Å². The highest BCUT2D eigenvalue weighted by Crippen LogP contribution is 2.24. The first kappa shape index (κ1) is 21.8. The minimum absolute atomic E-state index is 0.0325. The van der Waals surface area contributed by atoms with Gasteiger partial charge in [0.15, 0.2) is 0 Å². The first-order valence-electron chi connectivity index (χ1n) is 9.96. The van der Waals surface area contributed by atoms with Gasteiger partial charge in [-0.1, -0.05) is 44.2 Å². The quantitative estimate of drug-likeness (QED) is 0.387. The number of thioether (sulfide) groups is 1. The smallest absolute Gasteiger partial charge is 0.339 e. The lowest BCUT2D eigenvalue weighted by atomic mass is 9.97. The van der Waals surface area contributed by atoms with Crippen LogP contribution in [0.2, 0.25) is 0 Å². The molecule has 1 aliphatic rings. The average Bonchev–Trinajstić information content (AvgIpc) is 2.65. The number of carbonyl (C=O) groups excluding carboxylic acids is 2. The highest BCUT2D eigenvalue weighted by Gasteiger charge is 2.16. The fourth-order valence-electron chi connectivity index (χ4n) is 3.19. The van der Waals surface area contributed by atoms with Gasteiger partial charge in [0.1, 0.15) is 6.61 Å². The van der Waals surface area contributed by atoms with Crippen molar-refractivity contribution in [1.82, 2.24) is 5.32 Å². The normalized spacial score (nSPS) is 15.6. The number of ether oxygens (including phenoxy) is 2. The van der Waals surface area contributed by atoms with Crippen LogP contribution in [-0.4, -0.2) is 43.5 Å². The molecule has 1 aliphatic carbocycles. The lowest BCUT2D eigenvalue weighted by Gasteiger charge is -2.21. The van der Waals surface area contributed by atoms with Crippen LogP contribution >= 0.6 is 11.8 Å². The predicted octanol–water partition coefficient (Wildman–Crippen LogP) is 4.20. The Labute approximate surface area is 166 Å². The largest absolute Gasteiger partial charge is 0.460 e. The minimum Gasteiger partial charge on any atom is -0.460 e. The second kappa shape index (κ2) is 12.8. The van der Waals surface area contributed by atoms with Crippen molar-refractivity contribution in [3.8, 4) is 0 Å². The molecular weight excluding hydrogens is 362 g/mol. The monoisotopic (exact) mass is 393 g/mol. The summed E-state index contributed by atoms with van der Waals surface area (Å²) < 4.78 is 10.4. The maximum Gasteiger partial charge on any atom is 0.339 e. The molecule has 0 bridgehead atoms. The van der Waals surface area contributed by atoms with Crippen LogP contribution in [0.25, 0.3) is 0 Å². The van der Waals surface area contributed by atoms with E-state index in [1.54, 1.807) is 12.1 Å². The topological polar surface area (TPSA) is 64.6 Å². The molecule has 1 aromatic rings. The van der Waals surface area contributed by atoms with Crippen LogP contribution in [0.1, 0.15) is 62.2 Å². The Kier molecular flexibility index (Phi) is 10.3. The van der Waals surface area contributed by atoms with Crippen LogP contribution in [0.15, 0.2) is 29.2 Å². The molecule has 0 spiro atoms. The van der Waals surface area contributed by atoms with E-state index in [1.807, 2.05) is 19.1 Å². The number of benzene rings is 1. The van der Waals surface area contributed by atoms with E-state index in [-0.39, 0.29) is 24.5 Å². The van der Waals surface area contributed by atoms with Crippen LogP contribution in [0.3, 0.4) is 0 Å². The first-order valence-corrected chi connectivity index (χ1v) is 10.9. The molecule has 1 aromatic carbocycles. The number of rotatable bonds is 9. The zero-order chi connectivity index (χ0) is 19.3. The summed E-state index contributed by atoms with van der Waals surface area (Å²) in [4.78, 5) is 25.4. The van der Waals surface area contributed by atoms with E-state index in [2.05, 4.69) is 5.32 Å². The van der Waals surface area contributed by atoms with Gasteiger partial charge in [-0.2, -0.15) is 0 Å². The predicted molar refractivity (Wildman–Crippen MR) is 108 cm³/mol. The lowest BCUT2D eigenvalue weighted by Crippen LogP contribution is -2.36. The van der Waals surface area contributed by atoms with E-state index in [0.717, 1.165) is 17.7 Å².